The monoisotopic (exact) mass is 430 g/mol. The molecule has 0 atom stereocenters. The Morgan fingerprint density at radius 1 is 1.03 bits per heavy atom. The lowest BCUT2D eigenvalue weighted by molar-refractivity contribution is 0.0950. The first kappa shape index (κ1) is 20.4. The zero-order chi connectivity index (χ0) is 21.5. The average molecular weight is 431 g/mol. The van der Waals surface area contributed by atoms with Gasteiger partial charge in [-0.05, 0) is 29.8 Å². The van der Waals surface area contributed by atoms with E-state index >= 15 is 0 Å². The van der Waals surface area contributed by atoms with Crippen molar-refractivity contribution in [1.29, 1.82) is 0 Å². The van der Waals surface area contributed by atoms with Gasteiger partial charge in [-0.1, -0.05) is 72.3 Å². The third-order valence-electron chi connectivity index (χ3n) is 4.48. The van der Waals surface area contributed by atoms with Crippen LogP contribution in [0.5, 0.6) is 5.75 Å². The highest BCUT2D eigenvalue weighted by Crippen LogP contribution is 2.24. The summed E-state index contributed by atoms with van der Waals surface area (Å²) in [5, 5.41) is 11.6. The molecule has 2 N–H and O–H groups in total. The Kier molecular flexibility index (Phi) is 6.40. The van der Waals surface area contributed by atoms with Crippen molar-refractivity contribution >= 4 is 23.7 Å². The first-order valence-electron chi connectivity index (χ1n) is 9.59. The summed E-state index contributed by atoms with van der Waals surface area (Å²) in [4.78, 5) is 12.3. The van der Waals surface area contributed by atoms with Gasteiger partial charge in [0.05, 0.1) is 11.9 Å². The number of ether oxygens (including phenoxy) is 1. The summed E-state index contributed by atoms with van der Waals surface area (Å²) in [5.41, 5.74) is 6.04. The van der Waals surface area contributed by atoms with Crippen molar-refractivity contribution in [2.75, 3.05) is 0 Å². The highest BCUT2D eigenvalue weighted by atomic mass is 35.5. The molecular formula is C24H19ClN4O2. The molecule has 0 aliphatic rings. The van der Waals surface area contributed by atoms with Crippen LogP contribution < -0.4 is 10.2 Å². The van der Waals surface area contributed by atoms with E-state index in [1.54, 1.807) is 12.3 Å². The number of hydrogen-bond donors (Lipinski definition) is 2. The fraction of sp³-hybridized carbons (Fsp3) is 0.0417. The van der Waals surface area contributed by atoms with E-state index in [9.17, 15) is 4.79 Å². The molecule has 1 amide bonds. The lowest BCUT2D eigenvalue weighted by Crippen LogP contribution is -2.17. The van der Waals surface area contributed by atoms with E-state index in [1.165, 1.54) is 0 Å². The fourth-order valence-electron chi connectivity index (χ4n) is 2.87. The molecule has 0 fully saturated rings. The molecule has 3 aromatic carbocycles. The van der Waals surface area contributed by atoms with Crippen LogP contribution in [-0.2, 0) is 6.61 Å². The maximum Gasteiger partial charge on any atom is 0.289 e. The predicted molar refractivity (Wildman–Crippen MR) is 121 cm³/mol. The second-order valence-electron chi connectivity index (χ2n) is 6.68. The normalized spacial score (nSPS) is 10.9. The Balaban J connectivity index is 1.40. The van der Waals surface area contributed by atoms with Crippen molar-refractivity contribution in [2.45, 2.75) is 6.61 Å². The molecule has 1 aromatic heterocycles. The summed E-state index contributed by atoms with van der Waals surface area (Å²) < 4.78 is 5.86. The van der Waals surface area contributed by atoms with Gasteiger partial charge in [-0.3, -0.25) is 9.89 Å². The van der Waals surface area contributed by atoms with E-state index in [0.29, 0.717) is 28.8 Å². The summed E-state index contributed by atoms with van der Waals surface area (Å²) in [6.45, 7) is 0.358. The Morgan fingerprint density at radius 3 is 2.68 bits per heavy atom. The van der Waals surface area contributed by atoms with Crippen LogP contribution in [0.1, 0.15) is 21.6 Å². The van der Waals surface area contributed by atoms with Crippen molar-refractivity contribution in [3.8, 4) is 17.0 Å². The second-order valence-corrected chi connectivity index (χ2v) is 7.09. The summed E-state index contributed by atoms with van der Waals surface area (Å²) >= 11 is 6.18. The van der Waals surface area contributed by atoms with Gasteiger partial charge in [0, 0.05) is 16.1 Å². The predicted octanol–water partition coefficient (Wildman–Crippen LogP) is 5.07. The molecule has 0 saturated carbocycles. The van der Waals surface area contributed by atoms with Gasteiger partial charge in [0.1, 0.15) is 18.1 Å². The molecule has 0 saturated heterocycles. The fourth-order valence-corrected chi connectivity index (χ4v) is 3.06. The molecule has 1 heterocycles. The molecular weight excluding hydrogens is 412 g/mol. The number of benzene rings is 3. The van der Waals surface area contributed by atoms with Crippen molar-refractivity contribution in [2.24, 2.45) is 5.10 Å². The summed E-state index contributed by atoms with van der Waals surface area (Å²) in [7, 11) is 0. The third kappa shape index (κ3) is 5.38. The minimum Gasteiger partial charge on any atom is -0.489 e. The lowest BCUT2D eigenvalue weighted by Gasteiger charge is -2.08. The number of rotatable bonds is 7. The number of H-pyrrole nitrogens is 1. The number of aromatic nitrogens is 2. The maximum atomic E-state index is 12.3. The van der Waals surface area contributed by atoms with Crippen LogP contribution in [0, 0.1) is 0 Å². The number of halogens is 1. The number of aromatic amines is 1. The Morgan fingerprint density at radius 2 is 1.84 bits per heavy atom. The second kappa shape index (κ2) is 9.73. The zero-order valence-corrected chi connectivity index (χ0v) is 17.2. The highest BCUT2D eigenvalue weighted by Gasteiger charge is 2.11. The summed E-state index contributed by atoms with van der Waals surface area (Å²) in [6, 6.07) is 26.2. The van der Waals surface area contributed by atoms with Crippen LogP contribution in [-0.4, -0.2) is 22.3 Å². The molecule has 0 aliphatic carbocycles. The molecule has 154 valence electrons. The molecule has 7 heteroatoms. The largest absolute Gasteiger partial charge is 0.489 e. The SMILES string of the molecule is O=C(N/N=C/c1ccccc1)c1cc(-c2cccc(OCc3ccccc3Cl)c2)n[nH]1. The Hall–Kier alpha value is -3.90. The minimum atomic E-state index is -0.378. The van der Waals surface area contributed by atoms with E-state index < -0.39 is 0 Å². The highest BCUT2D eigenvalue weighted by molar-refractivity contribution is 6.31. The number of nitrogens with zero attached hydrogens (tertiary/aromatic N) is 2. The smallest absolute Gasteiger partial charge is 0.289 e. The molecule has 4 rings (SSSR count). The first-order valence-corrected chi connectivity index (χ1v) is 9.97. The molecule has 6 nitrogen and oxygen atoms in total. The molecule has 0 spiro atoms. The van der Waals surface area contributed by atoms with Crippen molar-refractivity contribution in [1.82, 2.24) is 15.6 Å². The van der Waals surface area contributed by atoms with Crippen molar-refractivity contribution < 1.29 is 9.53 Å². The number of nitrogens with one attached hydrogen (secondary N) is 2. The van der Waals surface area contributed by atoms with Gasteiger partial charge < -0.3 is 4.74 Å². The van der Waals surface area contributed by atoms with E-state index in [1.807, 2.05) is 78.9 Å². The van der Waals surface area contributed by atoms with Gasteiger partial charge >= 0.3 is 0 Å². The molecule has 0 unspecified atom stereocenters. The Labute approximate surface area is 184 Å². The van der Waals surface area contributed by atoms with Crippen LogP contribution in [0.25, 0.3) is 11.3 Å². The standard InChI is InChI=1S/C24H19ClN4O2/c25-21-12-5-4-9-19(21)16-31-20-11-6-10-18(13-20)22-14-23(28-27-22)24(30)29-26-15-17-7-2-1-3-8-17/h1-15H,16H2,(H,27,28)(H,29,30)/b26-15+. The molecule has 0 aliphatic heterocycles. The minimum absolute atomic E-state index is 0.308. The summed E-state index contributed by atoms with van der Waals surface area (Å²) in [6.07, 6.45) is 1.58. The van der Waals surface area contributed by atoms with E-state index in [0.717, 1.165) is 16.7 Å². The van der Waals surface area contributed by atoms with Crippen molar-refractivity contribution in [3.63, 3.8) is 0 Å². The lowest BCUT2D eigenvalue weighted by atomic mass is 10.1. The maximum absolute atomic E-state index is 12.3. The van der Waals surface area contributed by atoms with Crippen LogP contribution in [0.15, 0.2) is 90.0 Å². The van der Waals surface area contributed by atoms with Crippen LogP contribution in [0.2, 0.25) is 5.02 Å². The number of hydrogen-bond acceptors (Lipinski definition) is 4. The number of hydrazone groups is 1. The van der Waals surface area contributed by atoms with Gasteiger partial charge in [-0.2, -0.15) is 10.2 Å². The van der Waals surface area contributed by atoms with Crippen LogP contribution in [0.3, 0.4) is 0 Å². The average Bonchev–Trinajstić information content (AvgIpc) is 3.30. The van der Waals surface area contributed by atoms with Crippen molar-refractivity contribution in [3.05, 3.63) is 107 Å². The molecule has 0 bridgehead atoms. The Bertz CT molecular complexity index is 1200. The van der Waals surface area contributed by atoms with Gasteiger partial charge in [-0.15, -0.1) is 0 Å². The number of amides is 1. The van der Waals surface area contributed by atoms with Crippen LogP contribution >= 0.6 is 11.6 Å². The van der Waals surface area contributed by atoms with Gasteiger partial charge in [0.15, 0.2) is 0 Å². The third-order valence-corrected chi connectivity index (χ3v) is 4.85. The van der Waals surface area contributed by atoms with Gasteiger partial charge in [-0.25, -0.2) is 5.43 Å². The number of carbonyl (C=O) groups excluding carboxylic acids is 1. The quantitative estimate of drug-likeness (QED) is 0.317. The van der Waals surface area contributed by atoms with Gasteiger partial charge in [0.2, 0.25) is 0 Å². The van der Waals surface area contributed by atoms with Crippen LogP contribution in [0.4, 0.5) is 0 Å². The number of carbonyl (C=O) groups is 1. The zero-order valence-electron chi connectivity index (χ0n) is 16.5. The summed E-state index contributed by atoms with van der Waals surface area (Å²) in [5.74, 6) is 0.302. The molecule has 31 heavy (non-hydrogen) atoms. The van der Waals surface area contributed by atoms with E-state index in [4.69, 9.17) is 16.3 Å². The molecule has 0 radical (unpaired) electrons. The first-order chi connectivity index (χ1) is 15.2. The molecule has 4 aromatic rings. The topological polar surface area (TPSA) is 79.4 Å². The van der Waals surface area contributed by atoms with Gasteiger partial charge in [0.25, 0.3) is 5.91 Å². The van der Waals surface area contributed by atoms with E-state index in [-0.39, 0.29) is 5.91 Å². The van der Waals surface area contributed by atoms with E-state index in [2.05, 4.69) is 20.7 Å².